The van der Waals surface area contributed by atoms with Gasteiger partial charge in [0, 0.05) is 35.0 Å². The van der Waals surface area contributed by atoms with Crippen LogP contribution in [0.3, 0.4) is 0 Å². The van der Waals surface area contributed by atoms with Gasteiger partial charge in [-0.15, -0.1) is 11.8 Å². The Kier molecular flexibility index (Phi) is 8.72. The van der Waals surface area contributed by atoms with Gasteiger partial charge in [-0.1, -0.05) is 30.4 Å². The van der Waals surface area contributed by atoms with Crippen molar-refractivity contribution in [2.75, 3.05) is 24.7 Å². The van der Waals surface area contributed by atoms with Crippen LogP contribution in [0.15, 0.2) is 53.6 Å². The Morgan fingerprint density at radius 2 is 1.98 bits per heavy atom. The molecule has 3 aromatic carbocycles. The van der Waals surface area contributed by atoms with E-state index in [1.807, 2.05) is 37.3 Å². The van der Waals surface area contributed by atoms with Gasteiger partial charge < -0.3 is 24.9 Å². The molecule has 3 N–H and O–H groups in total. The van der Waals surface area contributed by atoms with Crippen LogP contribution in [0.5, 0.6) is 17.2 Å². The molecule has 2 aliphatic heterocycles. The van der Waals surface area contributed by atoms with Gasteiger partial charge in [0.15, 0.2) is 11.6 Å². The first kappa shape index (κ1) is 30.1. The third-order valence-corrected chi connectivity index (χ3v) is 8.53. The molecule has 43 heavy (non-hydrogen) atoms. The zero-order valence-corrected chi connectivity index (χ0v) is 24.6. The van der Waals surface area contributed by atoms with Crippen LogP contribution in [-0.4, -0.2) is 41.0 Å². The zero-order chi connectivity index (χ0) is 30.7. The van der Waals surface area contributed by atoms with E-state index < -0.39 is 22.9 Å². The van der Waals surface area contributed by atoms with E-state index in [-0.39, 0.29) is 29.2 Å². The largest absolute Gasteiger partial charge is 0.493 e. The third kappa shape index (κ3) is 5.45. The van der Waals surface area contributed by atoms with E-state index in [4.69, 9.17) is 19.4 Å². The van der Waals surface area contributed by atoms with Crippen molar-refractivity contribution in [3.63, 3.8) is 0 Å². The number of anilines is 1. The Labute approximate surface area is 251 Å². The van der Waals surface area contributed by atoms with Crippen molar-refractivity contribution in [1.82, 2.24) is 9.97 Å². The zero-order valence-electron chi connectivity index (χ0n) is 23.8. The number of imidazole rings is 1. The number of nitrogens with zero attached hydrogens (tertiary/aromatic N) is 1. The summed E-state index contributed by atoms with van der Waals surface area (Å²) in [6.07, 6.45) is 8.76. The monoisotopic (exact) mass is 609 g/mol. The van der Waals surface area contributed by atoms with Crippen molar-refractivity contribution in [3.05, 3.63) is 88.5 Å². The Hall–Kier alpha value is -4.38. The Bertz CT molecular complexity index is 1710. The first-order chi connectivity index (χ1) is 20.8. The lowest BCUT2D eigenvalue weighted by atomic mass is 9.75. The van der Waals surface area contributed by atoms with E-state index in [0.29, 0.717) is 42.3 Å². The van der Waals surface area contributed by atoms with Crippen molar-refractivity contribution in [1.29, 1.82) is 0 Å². The Morgan fingerprint density at radius 1 is 1.19 bits per heavy atom. The van der Waals surface area contributed by atoms with Crippen LogP contribution >= 0.6 is 11.8 Å². The molecule has 0 aliphatic carbocycles. The summed E-state index contributed by atoms with van der Waals surface area (Å²) in [5.41, 5.74) is 3.43. The summed E-state index contributed by atoms with van der Waals surface area (Å²) in [7, 11) is 0. The van der Waals surface area contributed by atoms with Crippen LogP contribution in [0.2, 0.25) is 0 Å². The number of para-hydroxylation sites is 1. The molecular weight excluding hydrogens is 579 g/mol. The van der Waals surface area contributed by atoms with Crippen LogP contribution in [0.4, 0.5) is 18.9 Å². The van der Waals surface area contributed by atoms with Gasteiger partial charge in [0.1, 0.15) is 23.1 Å². The summed E-state index contributed by atoms with van der Waals surface area (Å²) < 4.78 is 56.9. The first-order valence-corrected chi connectivity index (χ1v) is 14.8. The number of aromatic amines is 1. The second-order valence-corrected chi connectivity index (χ2v) is 11.0. The van der Waals surface area contributed by atoms with Crippen LogP contribution in [-0.2, 0) is 16.6 Å². The maximum absolute atomic E-state index is 15.1. The van der Waals surface area contributed by atoms with Crippen molar-refractivity contribution in [3.8, 4) is 28.6 Å². The molecular formula is C32H30F3N3O4S. The molecule has 0 radical (unpaired) electrons. The normalized spacial score (nSPS) is 16.9. The van der Waals surface area contributed by atoms with Gasteiger partial charge in [0.25, 0.3) is 6.47 Å². The molecule has 6 rings (SSSR count). The third-order valence-electron chi connectivity index (χ3n) is 7.69. The average Bonchev–Trinajstić information content (AvgIpc) is 3.69. The molecule has 11 heteroatoms. The summed E-state index contributed by atoms with van der Waals surface area (Å²) in [6, 6.07) is 10.1. The quantitative estimate of drug-likeness (QED) is 0.152. The number of aromatic nitrogens is 2. The number of allylic oxidation sites excluding steroid dienone is 1. The van der Waals surface area contributed by atoms with Crippen molar-refractivity contribution in [2.24, 2.45) is 0 Å². The number of thioether (sulfide) groups is 1. The number of halogens is 3. The highest BCUT2D eigenvalue weighted by Gasteiger charge is 2.37. The second kappa shape index (κ2) is 12.5. The predicted octanol–water partition coefficient (Wildman–Crippen LogP) is 7.80. The van der Waals surface area contributed by atoms with E-state index in [2.05, 4.69) is 22.2 Å². The van der Waals surface area contributed by atoms with Gasteiger partial charge in [0.05, 0.1) is 22.8 Å². The van der Waals surface area contributed by atoms with E-state index in [9.17, 15) is 4.39 Å². The minimum atomic E-state index is -1.08. The van der Waals surface area contributed by atoms with Gasteiger partial charge in [-0.2, -0.15) is 4.39 Å². The molecule has 1 atom stereocenters. The molecule has 1 unspecified atom stereocenters. The minimum absolute atomic E-state index is 0.164. The molecule has 4 aromatic rings. The number of hydrogen-bond donors (Lipinski definition) is 3. The number of benzene rings is 3. The van der Waals surface area contributed by atoms with Gasteiger partial charge in [-0.25, -0.2) is 13.8 Å². The SMILES string of the molecule is C/C=C/c1cccc2c1OCCC2(C)c1cnc(-c2cc(Oc3c(F)c(F)c4c(c3SC)CCN4)ccc2F)[nH]1.O=CO. The minimum Gasteiger partial charge on any atom is -0.493 e. The van der Waals surface area contributed by atoms with E-state index >= 15 is 8.78 Å². The lowest BCUT2D eigenvalue weighted by Gasteiger charge is -2.35. The smallest absolute Gasteiger partial charge is 0.290 e. The lowest BCUT2D eigenvalue weighted by molar-refractivity contribution is -0.122. The van der Waals surface area contributed by atoms with Crippen molar-refractivity contribution >= 4 is 30.0 Å². The van der Waals surface area contributed by atoms with E-state index in [0.717, 1.165) is 22.6 Å². The Morgan fingerprint density at radius 3 is 2.72 bits per heavy atom. The Balaban J connectivity index is 0.00000118. The fourth-order valence-corrected chi connectivity index (χ4v) is 6.34. The van der Waals surface area contributed by atoms with Crippen LogP contribution < -0.4 is 14.8 Å². The molecule has 1 aromatic heterocycles. The topological polar surface area (TPSA) is 96.5 Å². The number of fused-ring (bicyclic) bond motifs is 2. The number of carbonyl (C=O) groups is 1. The van der Waals surface area contributed by atoms with Crippen molar-refractivity contribution < 1.29 is 32.5 Å². The maximum Gasteiger partial charge on any atom is 0.290 e. The number of nitrogens with one attached hydrogen (secondary N) is 2. The first-order valence-electron chi connectivity index (χ1n) is 13.6. The van der Waals surface area contributed by atoms with Gasteiger partial charge in [0.2, 0.25) is 5.82 Å². The molecule has 0 amide bonds. The number of ether oxygens (including phenoxy) is 2. The van der Waals surface area contributed by atoms with E-state index in [1.165, 1.54) is 30.0 Å². The fraction of sp³-hybridized carbons (Fsp3) is 0.250. The lowest BCUT2D eigenvalue weighted by Crippen LogP contribution is -2.31. The highest BCUT2D eigenvalue weighted by molar-refractivity contribution is 7.98. The molecule has 0 spiro atoms. The van der Waals surface area contributed by atoms with Crippen LogP contribution in [0.1, 0.15) is 42.7 Å². The predicted molar refractivity (Wildman–Crippen MR) is 161 cm³/mol. The van der Waals surface area contributed by atoms with Gasteiger partial charge in [-0.3, -0.25) is 4.79 Å². The molecule has 0 saturated carbocycles. The highest BCUT2D eigenvalue weighted by Crippen LogP contribution is 2.46. The maximum atomic E-state index is 15.1. The van der Waals surface area contributed by atoms with E-state index in [1.54, 1.807) is 12.5 Å². The van der Waals surface area contributed by atoms with Gasteiger partial charge in [-0.05, 0) is 56.7 Å². The highest BCUT2D eigenvalue weighted by atomic mass is 32.2. The number of rotatable bonds is 6. The molecule has 0 fully saturated rings. The number of H-pyrrole nitrogens is 1. The molecule has 224 valence electrons. The summed E-state index contributed by atoms with van der Waals surface area (Å²) in [5.74, 6) is -1.45. The van der Waals surface area contributed by atoms with Gasteiger partial charge >= 0.3 is 0 Å². The van der Waals surface area contributed by atoms with Crippen molar-refractivity contribution in [2.45, 2.75) is 37.0 Å². The summed E-state index contributed by atoms with van der Waals surface area (Å²) in [4.78, 5) is 16.7. The molecule has 2 aliphatic rings. The molecule has 0 bridgehead atoms. The second-order valence-electron chi connectivity index (χ2n) is 10.2. The summed E-state index contributed by atoms with van der Waals surface area (Å²) in [6.45, 7) is 4.88. The van der Waals surface area contributed by atoms with Crippen LogP contribution in [0.25, 0.3) is 17.5 Å². The molecule has 7 nitrogen and oxygen atoms in total. The fourth-order valence-electron chi connectivity index (χ4n) is 5.57. The summed E-state index contributed by atoms with van der Waals surface area (Å²) >= 11 is 1.28. The molecule has 3 heterocycles. The number of carboxylic acid groups (broad SMARTS) is 1. The average molecular weight is 610 g/mol. The summed E-state index contributed by atoms with van der Waals surface area (Å²) in [5, 5.41) is 9.79. The molecule has 0 saturated heterocycles. The van der Waals surface area contributed by atoms with Crippen LogP contribution in [0, 0.1) is 17.5 Å². The standard InChI is InChI=1S/C31H28F3N3O2S.CH2O2/c1-4-6-17-7-5-8-21-27(17)38-14-12-31(21,2)23-16-36-30(37-23)20-15-18(9-10-22(20)32)39-28-25(34)24(33)26-19(11-13-35-26)29(28)40-3;2-1-3/h4-10,15-16,35H,11-14H2,1-3H3,(H,36,37);1H,(H,2,3)/b6-4+;. The number of hydrogen-bond acceptors (Lipinski definition) is 6.